The molecule has 0 aromatic heterocycles. The van der Waals surface area contributed by atoms with Crippen molar-refractivity contribution in [2.24, 2.45) is 17.2 Å². The van der Waals surface area contributed by atoms with Crippen LogP contribution in [0.3, 0.4) is 0 Å². The predicted molar refractivity (Wildman–Crippen MR) is 250 cm³/mol. The second-order valence-electron chi connectivity index (χ2n) is 17.5. The highest BCUT2D eigenvalue weighted by atomic mass is 16.6. The zero-order valence-electron chi connectivity index (χ0n) is 39.1. The number of hydrogen-bond donors (Lipinski definition) is 8. The summed E-state index contributed by atoms with van der Waals surface area (Å²) in [4.78, 5) is 84.9. The smallest absolute Gasteiger partial charge is 0.408 e. The molecule has 0 aliphatic rings. The van der Waals surface area contributed by atoms with Crippen LogP contribution in [-0.4, -0.2) is 90.4 Å². The summed E-state index contributed by atoms with van der Waals surface area (Å²) in [5.74, 6) is -2.26. The van der Waals surface area contributed by atoms with Gasteiger partial charge in [0, 0.05) is 25.9 Å². The van der Waals surface area contributed by atoms with Crippen LogP contribution in [0.1, 0.15) is 96.8 Å². The van der Waals surface area contributed by atoms with Crippen LogP contribution in [0.25, 0.3) is 0 Å². The van der Waals surface area contributed by atoms with Crippen molar-refractivity contribution < 1.29 is 47.8 Å². The Balaban J connectivity index is 0.000000476. The summed E-state index contributed by atoms with van der Waals surface area (Å²) in [6.45, 7) is 11.5. The molecule has 3 aromatic carbocycles. The molecule has 7 amide bonds. The highest BCUT2D eigenvalue weighted by Crippen LogP contribution is 2.11. The summed E-state index contributed by atoms with van der Waals surface area (Å²) in [6, 6.07) is 24.1. The first-order chi connectivity index (χ1) is 31.1. The fourth-order valence-corrected chi connectivity index (χ4v) is 5.98. The minimum Gasteiger partial charge on any atom is -0.445 e. The molecule has 18 heteroatoms. The fraction of sp³-hybridized carbons (Fsp3) is 0.479. The van der Waals surface area contributed by atoms with Gasteiger partial charge in [-0.15, -0.1) is 0 Å². The maximum atomic E-state index is 13.1. The molecule has 0 bridgehead atoms. The second kappa shape index (κ2) is 29.0. The molecule has 0 spiro atoms. The van der Waals surface area contributed by atoms with Crippen LogP contribution in [0, 0.1) is 0 Å². The van der Waals surface area contributed by atoms with E-state index in [-0.39, 0.29) is 19.4 Å². The topological polar surface area (TPSA) is 285 Å². The van der Waals surface area contributed by atoms with Gasteiger partial charge in [-0.1, -0.05) is 91.0 Å². The first-order valence-electron chi connectivity index (χ1n) is 22.1. The molecule has 4 atom stereocenters. The van der Waals surface area contributed by atoms with Gasteiger partial charge < -0.3 is 58.0 Å². The first kappa shape index (κ1) is 55.4. The number of benzene rings is 3. The molecule has 3 rings (SSSR count). The van der Waals surface area contributed by atoms with Crippen molar-refractivity contribution in [2.45, 2.75) is 135 Å². The lowest BCUT2D eigenvalue weighted by atomic mass is 10.0. The van der Waals surface area contributed by atoms with E-state index in [0.29, 0.717) is 51.6 Å². The highest BCUT2D eigenvalue weighted by molar-refractivity contribution is 5.91. The molecule has 0 saturated heterocycles. The van der Waals surface area contributed by atoms with Crippen molar-refractivity contribution in [3.63, 3.8) is 0 Å². The van der Waals surface area contributed by atoms with Gasteiger partial charge in [-0.25, -0.2) is 14.4 Å². The quantitative estimate of drug-likeness (QED) is 0.0487. The van der Waals surface area contributed by atoms with Gasteiger partial charge in [0.1, 0.15) is 35.9 Å². The molecule has 66 heavy (non-hydrogen) atoms. The maximum absolute atomic E-state index is 13.1. The van der Waals surface area contributed by atoms with Crippen molar-refractivity contribution in [2.75, 3.05) is 13.1 Å². The Morgan fingerprint density at radius 1 is 0.500 bits per heavy atom. The third-order valence-electron chi connectivity index (χ3n) is 9.24. The van der Waals surface area contributed by atoms with Gasteiger partial charge in [0.25, 0.3) is 0 Å². The van der Waals surface area contributed by atoms with E-state index in [1.54, 1.807) is 41.5 Å². The lowest BCUT2D eigenvalue weighted by molar-refractivity contribution is -0.128. The van der Waals surface area contributed by atoms with Crippen LogP contribution in [0.4, 0.5) is 14.4 Å². The Hall–Kier alpha value is -6.69. The molecule has 0 unspecified atom stereocenters. The average molecular weight is 919 g/mol. The number of alkyl carbamates (subject to hydrolysis) is 3. The summed E-state index contributed by atoms with van der Waals surface area (Å²) in [7, 11) is 0. The Morgan fingerprint density at radius 2 is 0.894 bits per heavy atom. The normalized spacial score (nSPS) is 12.8. The number of carbonyl (C=O) groups excluding carboxylic acids is 7. The fourth-order valence-electron chi connectivity index (χ4n) is 5.98. The first-order valence-corrected chi connectivity index (χ1v) is 22.1. The second-order valence-corrected chi connectivity index (χ2v) is 17.5. The summed E-state index contributed by atoms with van der Waals surface area (Å²) in [5, 5.41) is 13.2. The van der Waals surface area contributed by atoms with Gasteiger partial charge in [0.05, 0.1) is 6.04 Å². The summed E-state index contributed by atoms with van der Waals surface area (Å²) in [5.41, 5.74) is 18.2. The third-order valence-corrected chi connectivity index (χ3v) is 9.24. The largest absolute Gasteiger partial charge is 0.445 e. The molecule has 0 fully saturated rings. The third kappa shape index (κ3) is 25.6. The number of nitrogens with two attached hydrogens (primary N) is 3. The standard InChI is InChI=1S/C28H38N4O6.C20H32N4O4/c1-28(2,3)38-26(35)30-17-11-10-16-22(32-27(36)37-19-21-14-8-5-9-15-21)25(34)31-23(24(29)33)18-20-12-6-4-7-13-20;1-20(2,3)28-19(27)23-12-8-7-11-15(21)18(26)24-16(17(22)25)13-14-9-5-4-6-10-14/h4-9,12-15,22-23H,10-11,16-19H2,1-3H3,(H2,29,33)(H,30,35)(H,31,34)(H,32,36);4-6,9-10,15-16H,7-8,11-13,21H2,1-3H3,(H2,22,25)(H,23,27)(H,24,26)/t22-,23-;15-,16-/m00/s1. The number of ether oxygens (including phenoxy) is 3. The van der Waals surface area contributed by atoms with Crippen LogP contribution in [-0.2, 0) is 52.8 Å². The van der Waals surface area contributed by atoms with Gasteiger partial charge >= 0.3 is 18.3 Å². The molecular formula is C48H70N8O10. The zero-order chi connectivity index (χ0) is 49.1. The van der Waals surface area contributed by atoms with Crippen molar-refractivity contribution in [3.05, 3.63) is 108 Å². The van der Waals surface area contributed by atoms with Crippen molar-refractivity contribution in [3.8, 4) is 0 Å². The van der Waals surface area contributed by atoms with Crippen LogP contribution < -0.4 is 43.8 Å². The minimum atomic E-state index is -0.975. The molecule has 362 valence electrons. The summed E-state index contributed by atoms with van der Waals surface area (Å²) < 4.78 is 15.6. The van der Waals surface area contributed by atoms with E-state index in [9.17, 15) is 33.6 Å². The predicted octanol–water partition coefficient (Wildman–Crippen LogP) is 4.41. The molecule has 0 radical (unpaired) electrons. The average Bonchev–Trinajstić information content (AvgIpc) is 3.24. The Bertz CT molecular complexity index is 1960. The molecule has 18 nitrogen and oxygen atoms in total. The van der Waals surface area contributed by atoms with Crippen molar-refractivity contribution in [1.29, 1.82) is 0 Å². The van der Waals surface area contributed by atoms with E-state index in [1.807, 2.05) is 91.0 Å². The molecule has 0 saturated carbocycles. The monoisotopic (exact) mass is 919 g/mol. The number of rotatable bonds is 23. The Kier molecular flexibility index (Phi) is 24.3. The van der Waals surface area contributed by atoms with E-state index in [1.165, 1.54) is 0 Å². The van der Waals surface area contributed by atoms with E-state index in [4.69, 9.17) is 31.4 Å². The molecule has 11 N–H and O–H groups in total. The number of hydrogen-bond acceptors (Lipinski definition) is 11. The van der Waals surface area contributed by atoms with E-state index in [2.05, 4.69) is 26.6 Å². The van der Waals surface area contributed by atoms with Crippen LogP contribution >= 0.6 is 0 Å². The van der Waals surface area contributed by atoms with Gasteiger partial charge in [-0.05, 0) is 96.8 Å². The van der Waals surface area contributed by atoms with Crippen LogP contribution in [0.2, 0.25) is 0 Å². The van der Waals surface area contributed by atoms with Gasteiger partial charge in [0.15, 0.2) is 0 Å². The highest BCUT2D eigenvalue weighted by Gasteiger charge is 2.27. The number of primary amides is 2. The molecular weight excluding hydrogens is 849 g/mol. The van der Waals surface area contributed by atoms with E-state index < -0.39 is 77.3 Å². The van der Waals surface area contributed by atoms with Gasteiger partial charge in [0.2, 0.25) is 23.6 Å². The Labute approximate surface area is 388 Å². The summed E-state index contributed by atoms with van der Waals surface area (Å²) in [6.07, 6.45) is 1.77. The number of unbranched alkanes of at least 4 members (excludes halogenated alkanes) is 2. The number of carbonyl (C=O) groups is 7. The lowest BCUT2D eigenvalue weighted by Gasteiger charge is -2.22. The number of nitrogens with one attached hydrogen (secondary N) is 5. The van der Waals surface area contributed by atoms with Crippen molar-refractivity contribution >= 4 is 41.9 Å². The van der Waals surface area contributed by atoms with Crippen LogP contribution in [0.5, 0.6) is 0 Å². The summed E-state index contributed by atoms with van der Waals surface area (Å²) >= 11 is 0. The molecule has 0 aliphatic heterocycles. The lowest BCUT2D eigenvalue weighted by Crippen LogP contribution is -2.53. The van der Waals surface area contributed by atoms with Crippen LogP contribution in [0.15, 0.2) is 91.0 Å². The van der Waals surface area contributed by atoms with Gasteiger partial charge in [-0.3, -0.25) is 19.2 Å². The van der Waals surface area contributed by atoms with Gasteiger partial charge in [-0.2, -0.15) is 0 Å². The zero-order valence-corrected chi connectivity index (χ0v) is 39.1. The minimum absolute atomic E-state index is 0.0404. The van der Waals surface area contributed by atoms with E-state index in [0.717, 1.165) is 16.7 Å². The van der Waals surface area contributed by atoms with E-state index >= 15 is 0 Å². The molecule has 3 aromatic rings. The molecule has 0 heterocycles. The van der Waals surface area contributed by atoms with Crippen molar-refractivity contribution in [1.82, 2.24) is 26.6 Å². The SMILES string of the molecule is CC(C)(C)OC(=O)NCCCC[C@H](N)C(=O)N[C@@H](Cc1ccccc1)C(N)=O.CC(C)(C)OC(=O)NCCCC[C@H](NC(=O)OCc1ccccc1)C(=O)N[C@@H](Cc1ccccc1)C(N)=O. The molecule has 0 aliphatic carbocycles. The Morgan fingerprint density at radius 3 is 1.30 bits per heavy atom. The number of amides is 7. The maximum Gasteiger partial charge on any atom is 0.408 e.